The first-order valence-electron chi connectivity index (χ1n) is 8.00. The van der Waals surface area contributed by atoms with Crippen molar-refractivity contribution in [2.45, 2.75) is 60.2 Å². The Bertz CT molecular complexity index is 396. The molecule has 0 rings (SSSR count). The zero-order chi connectivity index (χ0) is 18.0. The largest absolute Gasteiger partial charge is 0.481 e. The molecule has 0 saturated carbocycles. The van der Waals surface area contributed by atoms with Gasteiger partial charge in [0.15, 0.2) is 0 Å². The first-order chi connectivity index (χ1) is 10.6. The molecule has 0 aromatic rings. The molecular formula is C16H29NO6. The summed E-state index contributed by atoms with van der Waals surface area (Å²) < 4.78 is 9.46. The lowest BCUT2D eigenvalue weighted by Gasteiger charge is -2.22. The topological polar surface area (TPSA) is 102 Å². The summed E-state index contributed by atoms with van der Waals surface area (Å²) in [5.74, 6) is -1.38. The number of ether oxygens (including phenoxy) is 2. The van der Waals surface area contributed by atoms with Crippen molar-refractivity contribution in [1.82, 2.24) is 5.32 Å². The molecule has 0 heterocycles. The number of carbonyl (C=O) groups excluding carboxylic acids is 2. The van der Waals surface area contributed by atoms with Gasteiger partial charge < -0.3 is 19.9 Å². The van der Waals surface area contributed by atoms with Gasteiger partial charge in [-0.2, -0.15) is 0 Å². The molecule has 0 fully saturated rings. The Hall–Kier alpha value is -1.79. The smallest absolute Gasteiger partial charge is 0.410 e. The predicted molar refractivity (Wildman–Crippen MR) is 84.7 cm³/mol. The average molecular weight is 331 g/mol. The van der Waals surface area contributed by atoms with Crippen LogP contribution in [0.2, 0.25) is 0 Å². The minimum absolute atomic E-state index is 0.0183. The molecule has 7 nitrogen and oxygen atoms in total. The SMILES string of the molecule is CC[C@@H](CC(C)C)C[C@H](CNC(=O)O[C@@H](C)OC(C)=O)C(=O)O. The summed E-state index contributed by atoms with van der Waals surface area (Å²) in [5.41, 5.74) is 0. The van der Waals surface area contributed by atoms with Crippen molar-refractivity contribution < 1.29 is 29.0 Å². The van der Waals surface area contributed by atoms with E-state index in [-0.39, 0.29) is 6.54 Å². The van der Waals surface area contributed by atoms with Crippen molar-refractivity contribution in [2.75, 3.05) is 6.54 Å². The summed E-state index contributed by atoms with van der Waals surface area (Å²) in [6.45, 7) is 8.84. The summed E-state index contributed by atoms with van der Waals surface area (Å²) in [7, 11) is 0. The summed E-state index contributed by atoms with van der Waals surface area (Å²) >= 11 is 0. The van der Waals surface area contributed by atoms with Crippen molar-refractivity contribution in [3.63, 3.8) is 0 Å². The van der Waals surface area contributed by atoms with Crippen LogP contribution in [-0.4, -0.2) is 36.0 Å². The van der Waals surface area contributed by atoms with Crippen LogP contribution in [-0.2, 0) is 19.1 Å². The number of esters is 1. The van der Waals surface area contributed by atoms with Crippen LogP contribution in [0.1, 0.15) is 53.9 Å². The Balaban J connectivity index is 4.40. The van der Waals surface area contributed by atoms with E-state index >= 15 is 0 Å². The second-order valence-corrected chi connectivity index (χ2v) is 6.14. The standard InChI is InChI=1S/C16H29NO6/c1-6-13(7-10(2)3)8-14(15(19)20)9-17-16(21)23-12(5)22-11(4)18/h10,12-14H,6-9H2,1-5H3,(H,17,21)(H,19,20)/t12-,13-,14+/m0/s1. The lowest BCUT2D eigenvalue weighted by atomic mass is 9.86. The Morgan fingerprint density at radius 3 is 2.13 bits per heavy atom. The van der Waals surface area contributed by atoms with Gasteiger partial charge in [-0.3, -0.25) is 9.59 Å². The zero-order valence-corrected chi connectivity index (χ0v) is 14.6. The number of amides is 1. The van der Waals surface area contributed by atoms with E-state index in [1.54, 1.807) is 0 Å². The molecule has 134 valence electrons. The van der Waals surface area contributed by atoms with Crippen molar-refractivity contribution in [3.8, 4) is 0 Å². The quantitative estimate of drug-likeness (QED) is 0.471. The maximum Gasteiger partial charge on any atom is 0.410 e. The van der Waals surface area contributed by atoms with E-state index in [4.69, 9.17) is 4.74 Å². The van der Waals surface area contributed by atoms with Crippen molar-refractivity contribution in [1.29, 1.82) is 0 Å². The lowest BCUT2D eigenvalue weighted by Crippen LogP contribution is -2.36. The molecule has 0 spiro atoms. The molecule has 2 N–H and O–H groups in total. The molecule has 7 heteroatoms. The zero-order valence-electron chi connectivity index (χ0n) is 14.6. The molecule has 0 unspecified atom stereocenters. The van der Waals surface area contributed by atoms with E-state index in [9.17, 15) is 19.5 Å². The van der Waals surface area contributed by atoms with Crippen LogP contribution in [0.25, 0.3) is 0 Å². The second kappa shape index (κ2) is 10.9. The first-order valence-corrected chi connectivity index (χ1v) is 8.00. The van der Waals surface area contributed by atoms with E-state index in [1.807, 2.05) is 6.92 Å². The highest BCUT2D eigenvalue weighted by Crippen LogP contribution is 2.23. The minimum atomic E-state index is -1.01. The van der Waals surface area contributed by atoms with Gasteiger partial charge in [-0.25, -0.2) is 4.79 Å². The van der Waals surface area contributed by atoms with Crippen LogP contribution in [0.3, 0.4) is 0 Å². The average Bonchev–Trinajstić information content (AvgIpc) is 2.39. The van der Waals surface area contributed by atoms with Gasteiger partial charge in [0.1, 0.15) is 0 Å². The monoisotopic (exact) mass is 331 g/mol. The van der Waals surface area contributed by atoms with Gasteiger partial charge in [-0.1, -0.05) is 27.2 Å². The van der Waals surface area contributed by atoms with E-state index in [2.05, 4.69) is 23.9 Å². The van der Waals surface area contributed by atoms with Crippen molar-refractivity contribution in [3.05, 3.63) is 0 Å². The number of aliphatic carboxylic acids is 1. The van der Waals surface area contributed by atoms with Gasteiger partial charge >= 0.3 is 18.0 Å². The fourth-order valence-corrected chi connectivity index (χ4v) is 2.43. The molecule has 1 amide bonds. The predicted octanol–water partition coefficient (Wildman–Crippen LogP) is 2.78. The van der Waals surface area contributed by atoms with Crippen molar-refractivity contribution in [2.24, 2.45) is 17.8 Å². The van der Waals surface area contributed by atoms with Gasteiger partial charge in [0.25, 0.3) is 0 Å². The molecule has 0 aliphatic heterocycles. The third-order valence-electron chi connectivity index (χ3n) is 3.45. The minimum Gasteiger partial charge on any atom is -0.481 e. The van der Waals surface area contributed by atoms with Crippen LogP contribution in [0.5, 0.6) is 0 Å². The van der Waals surface area contributed by atoms with Crippen LogP contribution in [0, 0.1) is 17.8 Å². The Morgan fingerprint density at radius 1 is 1.09 bits per heavy atom. The number of nitrogens with one attached hydrogen (secondary N) is 1. The highest BCUT2D eigenvalue weighted by atomic mass is 16.7. The van der Waals surface area contributed by atoms with E-state index in [0.29, 0.717) is 18.3 Å². The number of carboxylic acids is 1. The second-order valence-electron chi connectivity index (χ2n) is 6.14. The molecular weight excluding hydrogens is 302 g/mol. The normalized spacial score (nSPS) is 14.7. The third-order valence-corrected chi connectivity index (χ3v) is 3.45. The van der Waals surface area contributed by atoms with Crippen LogP contribution in [0.4, 0.5) is 4.79 Å². The fourth-order valence-electron chi connectivity index (χ4n) is 2.43. The highest BCUT2D eigenvalue weighted by molar-refractivity contribution is 5.72. The van der Waals surface area contributed by atoms with E-state index in [1.165, 1.54) is 13.8 Å². The number of carboxylic acid groups (broad SMARTS) is 1. The lowest BCUT2D eigenvalue weighted by molar-refractivity contribution is -0.162. The molecule has 0 aromatic carbocycles. The molecule has 0 aromatic heterocycles. The van der Waals surface area contributed by atoms with Crippen LogP contribution < -0.4 is 5.32 Å². The molecule has 3 atom stereocenters. The van der Waals surface area contributed by atoms with Crippen LogP contribution in [0.15, 0.2) is 0 Å². The third kappa shape index (κ3) is 10.5. The summed E-state index contributed by atoms with van der Waals surface area (Å²) in [4.78, 5) is 33.7. The van der Waals surface area contributed by atoms with E-state index in [0.717, 1.165) is 12.8 Å². The van der Waals surface area contributed by atoms with Gasteiger partial charge in [0.05, 0.1) is 5.92 Å². The summed E-state index contributed by atoms with van der Waals surface area (Å²) in [5, 5.41) is 11.7. The Labute approximate surface area is 137 Å². The molecule has 0 bridgehead atoms. The molecule has 0 saturated heterocycles. The Kier molecular flexibility index (Phi) is 10.0. The van der Waals surface area contributed by atoms with Crippen molar-refractivity contribution >= 4 is 18.0 Å². The summed E-state index contributed by atoms with van der Waals surface area (Å²) in [6, 6.07) is 0. The van der Waals surface area contributed by atoms with Gasteiger partial charge in [0, 0.05) is 20.4 Å². The number of carbonyl (C=O) groups is 3. The number of hydrogen-bond acceptors (Lipinski definition) is 5. The first kappa shape index (κ1) is 21.2. The molecule has 0 radical (unpaired) electrons. The molecule has 0 aliphatic carbocycles. The van der Waals surface area contributed by atoms with Gasteiger partial charge in [-0.15, -0.1) is 0 Å². The molecule has 23 heavy (non-hydrogen) atoms. The maximum atomic E-state index is 11.6. The number of rotatable bonds is 10. The highest BCUT2D eigenvalue weighted by Gasteiger charge is 2.23. The maximum absolute atomic E-state index is 11.6. The van der Waals surface area contributed by atoms with Gasteiger partial charge in [-0.05, 0) is 24.7 Å². The van der Waals surface area contributed by atoms with E-state index < -0.39 is 30.2 Å². The summed E-state index contributed by atoms with van der Waals surface area (Å²) in [6.07, 6.45) is 0.537. The van der Waals surface area contributed by atoms with Gasteiger partial charge in [0.2, 0.25) is 6.29 Å². The molecule has 0 aliphatic rings. The number of alkyl carbamates (subject to hydrolysis) is 1. The number of hydrogen-bond donors (Lipinski definition) is 2. The Morgan fingerprint density at radius 2 is 1.70 bits per heavy atom. The fraction of sp³-hybridized carbons (Fsp3) is 0.812. The van der Waals surface area contributed by atoms with Crippen LogP contribution >= 0.6 is 0 Å².